The highest BCUT2D eigenvalue weighted by molar-refractivity contribution is 9.10. The van der Waals surface area contributed by atoms with E-state index >= 15 is 0 Å². The predicted molar refractivity (Wildman–Crippen MR) is 54.8 cm³/mol. The lowest BCUT2D eigenvalue weighted by Gasteiger charge is -2.11. The smallest absolute Gasteiger partial charge is 0.325 e. The summed E-state index contributed by atoms with van der Waals surface area (Å²) in [7, 11) is 0. The summed E-state index contributed by atoms with van der Waals surface area (Å²) in [6, 6.07) is 2.26. The number of fused-ring (bicyclic) bond motifs is 1. The molecule has 0 aromatic heterocycles. The van der Waals surface area contributed by atoms with E-state index in [0.29, 0.717) is 21.5 Å². The number of carbonyl (C=O) groups is 1. The molecule has 0 saturated carbocycles. The molecule has 0 amide bonds. The van der Waals surface area contributed by atoms with Crippen molar-refractivity contribution >= 4 is 21.9 Å². The van der Waals surface area contributed by atoms with Crippen LogP contribution in [0.25, 0.3) is 0 Å². The van der Waals surface area contributed by atoms with Crippen LogP contribution in [0.5, 0.6) is 11.5 Å². The van der Waals surface area contributed by atoms with Crippen molar-refractivity contribution in [3.05, 3.63) is 22.2 Å². The Kier molecular flexibility index (Phi) is 2.54. The second kappa shape index (κ2) is 3.71. The fraction of sp³-hybridized carbons (Fsp3) is 0.222. The molecule has 1 heterocycles. The molecule has 1 aromatic carbocycles. The molecule has 0 radical (unpaired) electrons. The Morgan fingerprint density at radius 1 is 1.53 bits per heavy atom. The van der Waals surface area contributed by atoms with Crippen LogP contribution in [0.4, 0.5) is 0 Å². The standard InChI is InChI=1S/C9H8BrNO4/c10-4-1-2-5-8(15-3-14-5)6(4)7(11)9(12)13/h1-2,7H,3,11H2,(H,12,13). The summed E-state index contributed by atoms with van der Waals surface area (Å²) in [6.07, 6.45) is 0. The monoisotopic (exact) mass is 273 g/mol. The van der Waals surface area contributed by atoms with Gasteiger partial charge in [-0.2, -0.15) is 0 Å². The van der Waals surface area contributed by atoms with Gasteiger partial charge in [0.05, 0.1) is 0 Å². The maximum atomic E-state index is 10.8. The summed E-state index contributed by atoms with van der Waals surface area (Å²) in [6.45, 7) is 0.0884. The van der Waals surface area contributed by atoms with Gasteiger partial charge in [-0.15, -0.1) is 0 Å². The van der Waals surface area contributed by atoms with Crippen LogP contribution in [0.3, 0.4) is 0 Å². The second-order valence-electron chi connectivity index (χ2n) is 3.01. The lowest BCUT2D eigenvalue weighted by Crippen LogP contribution is -2.21. The largest absolute Gasteiger partial charge is 0.480 e. The van der Waals surface area contributed by atoms with E-state index in [1.165, 1.54) is 0 Å². The summed E-state index contributed by atoms with van der Waals surface area (Å²) in [5.41, 5.74) is 5.95. The van der Waals surface area contributed by atoms with Crippen molar-refractivity contribution in [2.24, 2.45) is 5.73 Å². The van der Waals surface area contributed by atoms with Crippen LogP contribution in [0.1, 0.15) is 11.6 Å². The molecule has 0 spiro atoms. The molecule has 5 nitrogen and oxygen atoms in total. The van der Waals surface area contributed by atoms with Crippen molar-refractivity contribution < 1.29 is 19.4 Å². The highest BCUT2D eigenvalue weighted by Crippen LogP contribution is 2.42. The summed E-state index contributed by atoms with van der Waals surface area (Å²) < 4.78 is 10.9. The first-order valence-electron chi connectivity index (χ1n) is 4.17. The molecule has 6 heteroatoms. The number of benzene rings is 1. The third-order valence-electron chi connectivity index (χ3n) is 2.10. The van der Waals surface area contributed by atoms with E-state index in [-0.39, 0.29) is 6.79 Å². The van der Waals surface area contributed by atoms with E-state index in [1.807, 2.05) is 0 Å². The van der Waals surface area contributed by atoms with Crippen LogP contribution in [0, 0.1) is 0 Å². The van der Waals surface area contributed by atoms with E-state index in [2.05, 4.69) is 15.9 Å². The van der Waals surface area contributed by atoms with E-state index in [1.54, 1.807) is 12.1 Å². The number of aliphatic carboxylic acids is 1. The van der Waals surface area contributed by atoms with Gasteiger partial charge in [0.15, 0.2) is 11.5 Å². The molecule has 0 fully saturated rings. The fourth-order valence-corrected chi connectivity index (χ4v) is 1.94. The maximum absolute atomic E-state index is 10.8. The quantitative estimate of drug-likeness (QED) is 0.848. The zero-order valence-corrected chi connectivity index (χ0v) is 9.15. The Hall–Kier alpha value is -1.27. The van der Waals surface area contributed by atoms with Crippen LogP contribution in [-0.4, -0.2) is 17.9 Å². The lowest BCUT2D eigenvalue weighted by atomic mass is 10.1. The number of nitrogens with two attached hydrogens (primary N) is 1. The van der Waals surface area contributed by atoms with Crippen molar-refractivity contribution in [1.29, 1.82) is 0 Å². The van der Waals surface area contributed by atoms with Gasteiger partial charge >= 0.3 is 5.97 Å². The second-order valence-corrected chi connectivity index (χ2v) is 3.87. The number of carboxylic acids is 1. The first-order valence-corrected chi connectivity index (χ1v) is 4.97. The molecule has 0 saturated heterocycles. The molecule has 1 aliphatic heterocycles. The Labute approximate surface area is 93.9 Å². The van der Waals surface area contributed by atoms with Crippen LogP contribution in [0.15, 0.2) is 16.6 Å². The molecule has 1 unspecified atom stereocenters. The zero-order chi connectivity index (χ0) is 11.0. The summed E-state index contributed by atoms with van der Waals surface area (Å²) in [5, 5.41) is 8.85. The molecule has 2 rings (SSSR count). The van der Waals surface area contributed by atoms with E-state index in [4.69, 9.17) is 20.3 Å². The van der Waals surface area contributed by atoms with Gasteiger partial charge < -0.3 is 20.3 Å². The van der Waals surface area contributed by atoms with Gasteiger partial charge in [0.2, 0.25) is 6.79 Å². The van der Waals surface area contributed by atoms with Gasteiger partial charge in [-0.1, -0.05) is 15.9 Å². The van der Waals surface area contributed by atoms with Crippen LogP contribution >= 0.6 is 15.9 Å². The summed E-state index contributed by atoms with van der Waals surface area (Å²) >= 11 is 3.24. The molecule has 3 N–H and O–H groups in total. The normalized spacial score (nSPS) is 15.1. The molecule has 15 heavy (non-hydrogen) atoms. The Morgan fingerprint density at radius 2 is 2.27 bits per heavy atom. The van der Waals surface area contributed by atoms with Gasteiger partial charge in [-0.3, -0.25) is 4.79 Å². The number of ether oxygens (including phenoxy) is 2. The van der Waals surface area contributed by atoms with Gasteiger partial charge in [0, 0.05) is 10.0 Å². The SMILES string of the molecule is NC(C(=O)O)c1c(Br)ccc2c1OCO2. The van der Waals surface area contributed by atoms with Crippen molar-refractivity contribution in [1.82, 2.24) is 0 Å². The van der Waals surface area contributed by atoms with Gasteiger partial charge in [-0.05, 0) is 12.1 Å². The number of hydrogen-bond acceptors (Lipinski definition) is 4. The molecular weight excluding hydrogens is 266 g/mol. The lowest BCUT2D eigenvalue weighted by molar-refractivity contribution is -0.138. The first-order chi connectivity index (χ1) is 7.11. The third-order valence-corrected chi connectivity index (χ3v) is 2.79. The van der Waals surface area contributed by atoms with Gasteiger partial charge in [-0.25, -0.2) is 0 Å². The minimum atomic E-state index is -1.13. The minimum Gasteiger partial charge on any atom is -0.480 e. The van der Waals surface area contributed by atoms with E-state index < -0.39 is 12.0 Å². The van der Waals surface area contributed by atoms with Crippen LogP contribution in [0.2, 0.25) is 0 Å². The average molecular weight is 274 g/mol. The Morgan fingerprint density at radius 3 is 2.93 bits per heavy atom. The van der Waals surface area contributed by atoms with Crippen molar-refractivity contribution in [2.45, 2.75) is 6.04 Å². The average Bonchev–Trinajstić information content (AvgIpc) is 2.64. The summed E-state index contributed by atoms with van der Waals surface area (Å²) in [5.74, 6) is -0.191. The highest BCUT2D eigenvalue weighted by atomic mass is 79.9. The number of halogens is 1. The third kappa shape index (κ3) is 1.66. The molecular formula is C9H8BrNO4. The van der Waals surface area contributed by atoms with Crippen molar-refractivity contribution in [2.75, 3.05) is 6.79 Å². The molecule has 0 aliphatic carbocycles. The first kappa shape index (κ1) is 10.3. The molecule has 1 atom stereocenters. The van der Waals surface area contributed by atoms with Crippen LogP contribution in [-0.2, 0) is 4.79 Å². The van der Waals surface area contributed by atoms with E-state index in [0.717, 1.165) is 0 Å². The molecule has 80 valence electrons. The minimum absolute atomic E-state index is 0.0884. The maximum Gasteiger partial charge on any atom is 0.325 e. The number of carboxylic acid groups (broad SMARTS) is 1. The van der Waals surface area contributed by atoms with Crippen molar-refractivity contribution in [3.63, 3.8) is 0 Å². The number of rotatable bonds is 2. The molecule has 0 bridgehead atoms. The highest BCUT2D eigenvalue weighted by Gasteiger charge is 2.27. The molecule has 1 aliphatic rings. The van der Waals surface area contributed by atoms with Crippen molar-refractivity contribution in [3.8, 4) is 11.5 Å². The topological polar surface area (TPSA) is 81.8 Å². The number of hydrogen-bond donors (Lipinski definition) is 2. The molecule has 1 aromatic rings. The Balaban J connectivity index is 2.54. The fourth-order valence-electron chi connectivity index (χ4n) is 1.38. The summed E-state index contributed by atoms with van der Waals surface area (Å²) in [4.78, 5) is 10.8. The van der Waals surface area contributed by atoms with E-state index in [9.17, 15) is 4.79 Å². The Bertz CT molecular complexity index is 421. The van der Waals surface area contributed by atoms with Gasteiger partial charge in [0.25, 0.3) is 0 Å². The zero-order valence-electron chi connectivity index (χ0n) is 7.57. The van der Waals surface area contributed by atoms with Gasteiger partial charge in [0.1, 0.15) is 6.04 Å². The van der Waals surface area contributed by atoms with Crippen LogP contribution < -0.4 is 15.2 Å². The predicted octanol–water partition coefficient (Wildman–Crippen LogP) is 1.26.